The second kappa shape index (κ2) is 31.5. The summed E-state index contributed by atoms with van der Waals surface area (Å²) in [4.78, 5) is 113. The lowest BCUT2D eigenvalue weighted by atomic mass is 9.82. The number of carbonyl (C=O) groups is 7. The van der Waals surface area contributed by atoms with Gasteiger partial charge in [-0.15, -0.1) is 10.2 Å². The summed E-state index contributed by atoms with van der Waals surface area (Å²) in [5, 5.41) is 102. The maximum Gasteiger partial charge on any atom is 0.446 e. The quantitative estimate of drug-likeness (QED) is 0.0447. The largest absolute Gasteiger partial charge is 0.504 e. The van der Waals surface area contributed by atoms with Gasteiger partial charge in [-0.3, -0.25) is 38.1 Å². The first kappa shape index (κ1) is 72.1. The number of hydrogen-bond donors (Lipinski definition) is 14. The molecule has 0 spiro atoms. The van der Waals surface area contributed by atoms with Crippen molar-refractivity contribution >= 4 is 69.0 Å². The molecule has 97 heavy (non-hydrogen) atoms. The number of nitrogens with zero attached hydrogens (tertiary/aromatic N) is 7. The van der Waals surface area contributed by atoms with E-state index in [0.717, 1.165) is 106 Å². The van der Waals surface area contributed by atoms with E-state index < -0.39 is 181 Å². The summed E-state index contributed by atoms with van der Waals surface area (Å²) in [6.45, 7) is 3.90. The van der Waals surface area contributed by atoms with Gasteiger partial charge in [-0.2, -0.15) is 8.42 Å². The number of aliphatic hydroxyl groups excluding tert-OH is 6. The van der Waals surface area contributed by atoms with Gasteiger partial charge in [-0.25, -0.2) is 9.97 Å². The van der Waals surface area contributed by atoms with E-state index in [1.54, 1.807) is 0 Å². The van der Waals surface area contributed by atoms with E-state index in [1.165, 1.54) is 38.0 Å². The molecule has 34 heteroatoms. The molecule has 15 N–H and O–H groups in total. The van der Waals surface area contributed by atoms with Crippen LogP contribution in [-0.2, 0) is 55.1 Å². The van der Waals surface area contributed by atoms with Crippen LogP contribution in [0.25, 0.3) is 21.7 Å². The minimum Gasteiger partial charge on any atom is -0.504 e. The number of rotatable bonds is 19. The maximum absolute atomic E-state index is 14.7. The predicted molar refractivity (Wildman–Crippen MR) is 344 cm³/mol. The summed E-state index contributed by atoms with van der Waals surface area (Å²) in [5.41, 5.74) is 8.04. The average molecular weight is 1390 g/mol. The van der Waals surface area contributed by atoms with Crippen molar-refractivity contribution in [3.8, 4) is 33.2 Å². The van der Waals surface area contributed by atoms with Crippen LogP contribution in [0.1, 0.15) is 101 Å². The number of β-amino-alcohol motifs (C(OH)–C–C–N with tert-alkyl or cyclic N) is 1. The van der Waals surface area contributed by atoms with Crippen molar-refractivity contribution in [2.75, 3.05) is 50.8 Å². The summed E-state index contributed by atoms with van der Waals surface area (Å²) in [6.07, 6.45) is -2.03. The number of fused-ring (bicyclic) bond motifs is 2. The zero-order chi connectivity index (χ0) is 69.6. The highest BCUT2D eigenvalue weighted by molar-refractivity contribution is 7.81. The fraction of sp³-hybridized carbons (Fsp3) is 0.603. The third-order valence-corrected chi connectivity index (χ3v) is 20.4. The minimum atomic E-state index is -5.22. The van der Waals surface area contributed by atoms with Crippen molar-refractivity contribution in [2.45, 2.75) is 176 Å². The minimum absolute atomic E-state index is 0.0203. The number of nitrogens with one attached hydrogen (secondary N) is 5. The van der Waals surface area contributed by atoms with Crippen LogP contribution in [-0.4, -0.2) is 245 Å². The Balaban J connectivity index is 0.834. The Bertz CT molecular complexity index is 3570. The SMILES string of the molecule is C[C@@H](O)[C@@H]1NC(=O)C(NCC2CCC(c3nnc(-c4ccc(-c5cnc(N6CCC(OCC7CC7)CC6)nc5)cc4)s3)CC2)C[C@@H](O)CNC(=O)[C@@H]2[C@@H](O)[C@@H](C)CN2C(=O)[C@H]([C@H](O)CC(N)=O)NC(=O)[C@H]([C@H](O)Cc2ccc(O)c(OS(=O)(=O)O)c2)NC(=O)[C@@H]2C[C@@H](O)CN2C1=O. The molecule has 13 atom stereocenters. The highest BCUT2D eigenvalue weighted by atomic mass is 32.3. The van der Waals surface area contributed by atoms with E-state index in [-0.39, 0.29) is 36.6 Å². The van der Waals surface area contributed by atoms with E-state index in [4.69, 9.17) is 20.4 Å². The molecule has 6 heterocycles. The number of carbonyl (C=O) groups excluding carboxylic acids is 7. The number of anilines is 1. The Morgan fingerprint density at radius 3 is 2.06 bits per heavy atom. The summed E-state index contributed by atoms with van der Waals surface area (Å²) in [5.74, 6) is -9.15. The number of aromatic nitrogens is 4. The number of aliphatic hydroxyl groups is 6. The lowest BCUT2D eigenvalue weighted by Gasteiger charge is -2.34. The number of piperidine rings is 1. The molecular weight excluding hydrogens is 1310 g/mol. The Morgan fingerprint density at radius 2 is 1.40 bits per heavy atom. The van der Waals surface area contributed by atoms with Gasteiger partial charge in [0.15, 0.2) is 11.5 Å². The molecule has 0 radical (unpaired) electrons. The van der Waals surface area contributed by atoms with Crippen LogP contribution in [0.5, 0.6) is 11.5 Å². The second-order valence-electron chi connectivity index (χ2n) is 26.4. The van der Waals surface area contributed by atoms with Crippen molar-refractivity contribution in [3.63, 3.8) is 0 Å². The molecule has 1 unspecified atom stereocenters. The van der Waals surface area contributed by atoms with E-state index in [1.807, 2.05) is 36.7 Å². The molecule has 0 bridgehead atoms. The molecule has 2 aromatic heterocycles. The third kappa shape index (κ3) is 18.4. The number of ether oxygens (including phenoxy) is 1. The van der Waals surface area contributed by atoms with Crippen LogP contribution in [0.4, 0.5) is 5.95 Å². The smallest absolute Gasteiger partial charge is 0.446 e. The van der Waals surface area contributed by atoms with Crippen LogP contribution in [0.3, 0.4) is 0 Å². The lowest BCUT2D eigenvalue weighted by molar-refractivity contribution is -0.147. The van der Waals surface area contributed by atoms with Crippen molar-refractivity contribution < 1.29 is 91.2 Å². The number of benzene rings is 2. The van der Waals surface area contributed by atoms with Gasteiger partial charge in [0.1, 0.15) is 40.2 Å². The highest BCUT2D eigenvalue weighted by Crippen LogP contribution is 2.39. The Hall–Kier alpha value is -7.64. The Labute approximate surface area is 563 Å². The number of phenolic OH excluding ortho intramolecular Hbond substituents is 1. The maximum atomic E-state index is 14.7. The van der Waals surface area contributed by atoms with E-state index in [0.29, 0.717) is 18.8 Å². The number of amides is 7. The van der Waals surface area contributed by atoms with Crippen LogP contribution in [0.2, 0.25) is 0 Å². The van der Waals surface area contributed by atoms with Crippen molar-refractivity contribution in [1.29, 1.82) is 0 Å². The standard InChI is InChI=1S/C63H85N13O19S2/c1-31-28-76-53(54(31)84)58(88)66-27-40(78)21-43(65-24-33-5-8-37(9-6-33)59-72-73-60(96-59)38-12-10-36(11-13-38)39-25-67-63(68-26-39)74-17-15-42(16-18-74)94-30-34-3-4-34)55(85)69-50(32(2)77)61(89)75-29-41(79)22-44(75)56(86)70-51(57(87)71-52(62(76)90)47(82)23-49(64)83)46(81)19-35-7-14-45(80)48(20-35)95-97(91,92)93/h7,10-14,20,25-26,31-34,37,40-44,46-47,50-54,65,77-82,84H,3-6,8-9,15-19,21-24,27-30H2,1-2H3,(H2,64,83)(H,66,88)(H,69,85)(H,70,86)(H,71,87)(H,91,92,93)/t31-,32+,33?,37?,40+,41+,43?,44-,46+,47+,50-,51-,52-,53-,54-/m0/s1. The van der Waals surface area contributed by atoms with Gasteiger partial charge in [-0.05, 0) is 106 Å². The fourth-order valence-electron chi connectivity index (χ4n) is 13.2. The van der Waals surface area contributed by atoms with Gasteiger partial charge in [-0.1, -0.05) is 48.6 Å². The molecule has 2 aromatic carbocycles. The molecule has 7 amide bonds. The Kier molecular flexibility index (Phi) is 23.4. The summed E-state index contributed by atoms with van der Waals surface area (Å²) >= 11 is 1.51. The second-order valence-corrected chi connectivity index (χ2v) is 28.4. The van der Waals surface area contributed by atoms with E-state index in [2.05, 4.69) is 45.9 Å². The summed E-state index contributed by atoms with van der Waals surface area (Å²) in [6, 6.07) is -0.257. The molecule has 2 saturated carbocycles. The van der Waals surface area contributed by atoms with E-state index >= 15 is 0 Å². The third-order valence-electron chi connectivity index (χ3n) is 18.9. The topological polar surface area (TPSA) is 481 Å². The molecule has 2 aliphatic carbocycles. The van der Waals surface area contributed by atoms with Gasteiger partial charge in [0.2, 0.25) is 47.3 Å². The van der Waals surface area contributed by atoms with Crippen molar-refractivity contribution in [3.05, 3.63) is 65.4 Å². The first-order chi connectivity index (χ1) is 46.2. The predicted octanol–water partition coefficient (Wildman–Crippen LogP) is -2.10. The van der Waals surface area contributed by atoms with Gasteiger partial charge in [0, 0.05) is 87.5 Å². The zero-order valence-corrected chi connectivity index (χ0v) is 55.2. The average Bonchev–Trinajstić information content (AvgIpc) is 1.62. The molecular formula is C63H85N13O19S2. The molecule has 32 nitrogen and oxygen atoms in total. The Morgan fingerprint density at radius 1 is 0.753 bits per heavy atom. The lowest BCUT2D eigenvalue weighted by Crippen LogP contribution is -2.64. The van der Waals surface area contributed by atoms with Gasteiger partial charge >= 0.3 is 10.4 Å². The first-order valence-electron chi connectivity index (χ1n) is 32.7. The number of hydrogen-bond acceptors (Lipinski definition) is 25. The van der Waals surface area contributed by atoms with Crippen LogP contribution in [0, 0.1) is 17.8 Å². The number of primary amides is 1. The number of nitrogens with two attached hydrogens (primary N) is 1. The van der Waals surface area contributed by atoms with Crippen molar-refractivity contribution in [1.82, 2.24) is 56.5 Å². The summed E-state index contributed by atoms with van der Waals surface area (Å²) in [7, 11) is -5.22. The summed E-state index contributed by atoms with van der Waals surface area (Å²) < 4.78 is 43.0. The van der Waals surface area contributed by atoms with Crippen LogP contribution >= 0.6 is 11.3 Å². The van der Waals surface area contributed by atoms with E-state index in [9.17, 15) is 82.3 Å². The zero-order valence-electron chi connectivity index (χ0n) is 53.5. The van der Waals surface area contributed by atoms with Crippen LogP contribution in [0.15, 0.2) is 54.9 Å². The molecule has 4 aromatic rings. The fourth-order valence-corrected chi connectivity index (χ4v) is 14.6. The van der Waals surface area contributed by atoms with Crippen molar-refractivity contribution in [2.24, 2.45) is 23.5 Å². The monoisotopic (exact) mass is 1390 g/mol. The number of aromatic hydroxyl groups is 1. The van der Waals surface area contributed by atoms with Gasteiger partial charge in [0.25, 0.3) is 0 Å². The molecule has 6 aliphatic rings. The molecule has 4 aliphatic heterocycles. The number of phenols is 1. The van der Waals surface area contributed by atoms with Gasteiger partial charge < -0.3 is 91.7 Å². The van der Waals surface area contributed by atoms with Gasteiger partial charge in [0.05, 0.1) is 55.2 Å². The molecule has 6 fully saturated rings. The first-order valence-corrected chi connectivity index (χ1v) is 34.9. The highest BCUT2D eigenvalue weighted by Gasteiger charge is 2.50. The van der Waals surface area contributed by atoms with Crippen LogP contribution < -0.4 is 41.4 Å². The molecule has 4 saturated heterocycles. The normalized spacial score (nSPS) is 28.7. The molecule has 528 valence electrons. The molecule has 10 rings (SSSR count).